The molecule has 0 radical (unpaired) electrons. The Morgan fingerprint density at radius 1 is 1.40 bits per heavy atom. The molecule has 0 aliphatic rings. The van der Waals surface area contributed by atoms with Crippen molar-refractivity contribution in [1.29, 1.82) is 0 Å². The molecule has 15 heavy (non-hydrogen) atoms. The van der Waals surface area contributed by atoms with Gasteiger partial charge in [-0.05, 0) is 24.6 Å². The molecular formula is C9H11BrClNO2S. The van der Waals surface area contributed by atoms with Crippen LogP contribution in [-0.2, 0) is 10.0 Å². The number of nitrogens with one attached hydrogen (secondary N) is 1. The van der Waals surface area contributed by atoms with Gasteiger partial charge >= 0.3 is 0 Å². The van der Waals surface area contributed by atoms with Crippen LogP contribution in [-0.4, -0.2) is 13.1 Å². The summed E-state index contributed by atoms with van der Waals surface area (Å²) in [7, 11) is -3.24. The normalized spacial score (nSPS) is 13.8. The van der Waals surface area contributed by atoms with Crippen LogP contribution in [0.3, 0.4) is 0 Å². The molecule has 0 aliphatic heterocycles. The van der Waals surface area contributed by atoms with Gasteiger partial charge < -0.3 is 0 Å². The summed E-state index contributed by atoms with van der Waals surface area (Å²) in [6.07, 6.45) is 0. The maximum absolute atomic E-state index is 11.3. The van der Waals surface area contributed by atoms with Crippen LogP contribution in [0.2, 0.25) is 5.02 Å². The lowest BCUT2D eigenvalue weighted by Gasteiger charge is -2.13. The molecule has 1 aromatic carbocycles. The summed E-state index contributed by atoms with van der Waals surface area (Å²) in [6, 6.07) is 6.80. The van der Waals surface area contributed by atoms with Gasteiger partial charge in [-0.25, -0.2) is 13.1 Å². The molecule has 1 aromatic rings. The maximum atomic E-state index is 11.3. The molecule has 0 aliphatic carbocycles. The molecule has 0 bridgehead atoms. The van der Waals surface area contributed by atoms with Crippen LogP contribution in [0.15, 0.2) is 24.3 Å². The SMILES string of the molecule is C[C@H](NS(=O)(=O)CBr)c1ccc(Cl)cc1. The van der Waals surface area contributed by atoms with E-state index in [4.69, 9.17) is 11.6 Å². The van der Waals surface area contributed by atoms with Gasteiger partial charge in [-0.15, -0.1) is 0 Å². The van der Waals surface area contributed by atoms with Gasteiger partial charge in [0.15, 0.2) is 0 Å². The third-order valence-electron chi connectivity index (χ3n) is 1.87. The van der Waals surface area contributed by atoms with Crippen LogP contribution in [0.25, 0.3) is 0 Å². The van der Waals surface area contributed by atoms with E-state index in [0.29, 0.717) is 5.02 Å². The molecule has 0 unspecified atom stereocenters. The minimum absolute atomic E-state index is 0.0993. The summed E-state index contributed by atoms with van der Waals surface area (Å²) in [5.41, 5.74) is 0.879. The van der Waals surface area contributed by atoms with Crippen molar-refractivity contribution in [1.82, 2.24) is 4.72 Å². The Bertz CT molecular complexity index is 418. The summed E-state index contributed by atoms with van der Waals surface area (Å²) in [6.45, 7) is 1.78. The zero-order chi connectivity index (χ0) is 11.5. The lowest BCUT2D eigenvalue weighted by molar-refractivity contribution is 0.572. The predicted molar refractivity (Wildman–Crippen MR) is 65.7 cm³/mol. The van der Waals surface area contributed by atoms with Crippen LogP contribution >= 0.6 is 27.5 Å². The van der Waals surface area contributed by atoms with Crippen molar-refractivity contribution in [3.63, 3.8) is 0 Å². The molecule has 3 nitrogen and oxygen atoms in total. The monoisotopic (exact) mass is 311 g/mol. The highest BCUT2D eigenvalue weighted by Gasteiger charge is 2.13. The van der Waals surface area contributed by atoms with E-state index < -0.39 is 10.0 Å². The minimum atomic E-state index is -3.24. The minimum Gasteiger partial charge on any atom is -0.212 e. The molecule has 0 saturated heterocycles. The number of benzene rings is 1. The first-order valence-electron chi connectivity index (χ1n) is 4.26. The molecule has 6 heteroatoms. The standard InChI is InChI=1S/C9H11BrClNO2S/c1-7(12-15(13,14)6-10)8-2-4-9(11)5-3-8/h2-5,7,12H,6H2,1H3/t7-/m0/s1. The number of alkyl halides is 1. The van der Waals surface area contributed by atoms with Crippen LogP contribution in [0, 0.1) is 0 Å². The summed E-state index contributed by atoms with van der Waals surface area (Å²) in [5.74, 6) is 0. The van der Waals surface area contributed by atoms with Crippen molar-refractivity contribution in [3.8, 4) is 0 Å². The fourth-order valence-electron chi connectivity index (χ4n) is 1.12. The first-order chi connectivity index (χ1) is 6.94. The third-order valence-corrected chi connectivity index (χ3v) is 4.93. The van der Waals surface area contributed by atoms with E-state index in [9.17, 15) is 8.42 Å². The summed E-state index contributed by atoms with van der Waals surface area (Å²) >= 11 is 8.64. The molecule has 1 atom stereocenters. The summed E-state index contributed by atoms with van der Waals surface area (Å²) in [4.78, 5) is 0. The Morgan fingerprint density at radius 2 is 1.93 bits per heavy atom. The molecule has 1 rings (SSSR count). The number of hydrogen-bond donors (Lipinski definition) is 1. The molecule has 0 amide bonds. The second-order valence-electron chi connectivity index (χ2n) is 3.11. The molecule has 0 heterocycles. The Labute approximate surface area is 103 Å². The highest BCUT2D eigenvalue weighted by atomic mass is 79.9. The molecule has 0 aromatic heterocycles. The largest absolute Gasteiger partial charge is 0.222 e. The van der Waals surface area contributed by atoms with Gasteiger partial charge in [-0.2, -0.15) is 0 Å². The fraction of sp³-hybridized carbons (Fsp3) is 0.333. The highest BCUT2D eigenvalue weighted by Crippen LogP contribution is 2.16. The number of sulfonamides is 1. The quantitative estimate of drug-likeness (QED) is 0.869. The van der Waals surface area contributed by atoms with Gasteiger partial charge in [-0.3, -0.25) is 0 Å². The number of rotatable bonds is 4. The van der Waals surface area contributed by atoms with Gasteiger partial charge in [0, 0.05) is 11.1 Å². The van der Waals surface area contributed by atoms with E-state index in [1.54, 1.807) is 31.2 Å². The Balaban J connectivity index is 2.78. The van der Waals surface area contributed by atoms with Crippen molar-refractivity contribution >= 4 is 37.6 Å². The van der Waals surface area contributed by atoms with Crippen molar-refractivity contribution < 1.29 is 8.42 Å². The third kappa shape index (κ3) is 4.10. The number of hydrogen-bond acceptors (Lipinski definition) is 2. The van der Waals surface area contributed by atoms with Crippen LogP contribution in [0.5, 0.6) is 0 Å². The average Bonchev–Trinajstić information content (AvgIpc) is 2.18. The van der Waals surface area contributed by atoms with Gasteiger partial charge in [0.05, 0.1) is 0 Å². The second kappa shape index (κ2) is 5.30. The van der Waals surface area contributed by atoms with Gasteiger partial charge in [0.1, 0.15) is 4.66 Å². The molecule has 84 valence electrons. The average molecular weight is 313 g/mol. The van der Waals surface area contributed by atoms with Crippen LogP contribution < -0.4 is 4.72 Å². The van der Waals surface area contributed by atoms with E-state index in [2.05, 4.69) is 20.7 Å². The van der Waals surface area contributed by atoms with Gasteiger partial charge in [0.2, 0.25) is 10.0 Å². The zero-order valence-electron chi connectivity index (χ0n) is 8.07. The van der Waals surface area contributed by atoms with Crippen molar-refractivity contribution in [3.05, 3.63) is 34.9 Å². The number of halogens is 2. The van der Waals surface area contributed by atoms with E-state index in [1.807, 2.05) is 0 Å². The Morgan fingerprint density at radius 3 is 2.40 bits per heavy atom. The summed E-state index contributed by atoms with van der Waals surface area (Å²) in [5, 5.41) is 0.634. The fourth-order valence-corrected chi connectivity index (χ4v) is 2.38. The van der Waals surface area contributed by atoms with Crippen molar-refractivity contribution in [2.24, 2.45) is 0 Å². The topological polar surface area (TPSA) is 46.2 Å². The first kappa shape index (κ1) is 13.0. The van der Waals surface area contributed by atoms with Gasteiger partial charge in [0.25, 0.3) is 0 Å². The first-order valence-corrected chi connectivity index (χ1v) is 7.41. The smallest absolute Gasteiger partial charge is 0.212 e. The van der Waals surface area contributed by atoms with E-state index in [1.165, 1.54) is 0 Å². The molecule has 1 N–H and O–H groups in total. The maximum Gasteiger partial charge on any atom is 0.222 e. The van der Waals surface area contributed by atoms with E-state index in [0.717, 1.165) is 5.56 Å². The summed E-state index contributed by atoms with van der Waals surface area (Å²) < 4.78 is 25.0. The Kier molecular flexibility index (Phi) is 4.58. The molecule has 0 spiro atoms. The van der Waals surface area contributed by atoms with Crippen molar-refractivity contribution in [2.45, 2.75) is 13.0 Å². The Hall–Kier alpha value is -0.100. The van der Waals surface area contributed by atoms with Gasteiger partial charge in [-0.1, -0.05) is 39.7 Å². The van der Waals surface area contributed by atoms with Crippen LogP contribution in [0.4, 0.5) is 0 Å². The highest BCUT2D eigenvalue weighted by molar-refractivity contribution is 9.10. The molecular weight excluding hydrogens is 302 g/mol. The lowest BCUT2D eigenvalue weighted by atomic mass is 10.1. The van der Waals surface area contributed by atoms with E-state index >= 15 is 0 Å². The van der Waals surface area contributed by atoms with Crippen molar-refractivity contribution in [2.75, 3.05) is 4.66 Å². The van der Waals surface area contributed by atoms with Crippen LogP contribution in [0.1, 0.15) is 18.5 Å². The lowest BCUT2D eigenvalue weighted by Crippen LogP contribution is -2.27. The molecule has 0 fully saturated rings. The molecule has 0 saturated carbocycles. The predicted octanol–water partition coefficient (Wildman–Crippen LogP) is 2.67. The zero-order valence-corrected chi connectivity index (χ0v) is 11.2. The second-order valence-corrected chi connectivity index (χ2v) is 6.61. The van der Waals surface area contributed by atoms with E-state index in [-0.39, 0.29) is 10.7 Å².